The molecule has 0 spiro atoms. The van der Waals surface area contributed by atoms with Crippen LogP contribution in [0.15, 0.2) is 36.8 Å². The molecule has 1 saturated heterocycles. The monoisotopic (exact) mass is 285 g/mol. The second-order valence-electron chi connectivity index (χ2n) is 5.08. The topological polar surface area (TPSA) is 63.2 Å². The average molecular weight is 285 g/mol. The average Bonchev–Trinajstić information content (AvgIpc) is 2.54. The fourth-order valence-electron chi connectivity index (χ4n) is 2.31. The predicted octanol–water partition coefficient (Wildman–Crippen LogP) is 1.71. The van der Waals surface area contributed by atoms with E-state index in [2.05, 4.69) is 44.2 Å². The maximum absolute atomic E-state index is 5.55. The molecule has 1 N–H and O–H groups in total. The zero-order chi connectivity index (χ0) is 14.5. The van der Waals surface area contributed by atoms with Gasteiger partial charge in [0.25, 0.3) is 0 Å². The summed E-state index contributed by atoms with van der Waals surface area (Å²) >= 11 is 0. The maximum Gasteiger partial charge on any atom is 0.222 e. The Labute approximate surface area is 124 Å². The van der Waals surface area contributed by atoms with Crippen LogP contribution in [0.5, 0.6) is 0 Å². The molecule has 6 nitrogen and oxygen atoms in total. The molecule has 3 heterocycles. The van der Waals surface area contributed by atoms with E-state index in [1.54, 1.807) is 18.5 Å². The summed E-state index contributed by atoms with van der Waals surface area (Å²) in [6.07, 6.45) is 5.59. The summed E-state index contributed by atoms with van der Waals surface area (Å²) < 4.78 is 5.55. The van der Waals surface area contributed by atoms with Crippen molar-refractivity contribution < 1.29 is 4.74 Å². The third-order valence-electron chi connectivity index (χ3n) is 3.39. The highest BCUT2D eigenvalue weighted by atomic mass is 16.5. The standard InChI is InChI=1S/C15H19N5O/c1-12-11-20(7-8-21-12)14-4-3-13(9-18-14)10-19-15-16-5-2-6-17-15/h2-6,9,12H,7-8,10-11H2,1H3,(H,16,17,19)/t12-/m1/s1. The summed E-state index contributed by atoms with van der Waals surface area (Å²) in [5.41, 5.74) is 1.10. The van der Waals surface area contributed by atoms with E-state index in [9.17, 15) is 0 Å². The van der Waals surface area contributed by atoms with Crippen molar-refractivity contribution in [1.29, 1.82) is 0 Å². The molecule has 1 aliphatic heterocycles. The van der Waals surface area contributed by atoms with Gasteiger partial charge in [-0.1, -0.05) is 6.07 Å². The van der Waals surface area contributed by atoms with Gasteiger partial charge in [0.05, 0.1) is 12.7 Å². The molecule has 0 amide bonds. The lowest BCUT2D eigenvalue weighted by Crippen LogP contribution is -2.41. The van der Waals surface area contributed by atoms with Crippen LogP contribution < -0.4 is 10.2 Å². The van der Waals surface area contributed by atoms with Gasteiger partial charge in [0, 0.05) is 38.2 Å². The SMILES string of the molecule is C[C@@H]1CN(c2ccc(CNc3ncccn3)cn2)CCO1. The van der Waals surface area contributed by atoms with E-state index in [-0.39, 0.29) is 6.10 Å². The molecule has 2 aromatic rings. The minimum Gasteiger partial charge on any atom is -0.375 e. The van der Waals surface area contributed by atoms with Crippen LogP contribution >= 0.6 is 0 Å². The van der Waals surface area contributed by atoms with Gasteiger partial charge < -0.3 is 15.0 Å². The van der Waals surface area contributed by atoms with Gasteiger partial charge in [-0.2, -0.15) is 0 Å². The highest BCUT2D eigenvalue weighted by Gasteiger charge is 2.17. The zero-order valence-corrected chi connectivity index (χ0v) is 12.1. The summed E-state index contributed by atoms with van der Waals surface area (Å²) in [7, 11) is 0. The molecular formula is C15H19N5O. The van der Waals surface area contributed by atoms with Crippen LogP contribution in [0.2, 0.25) is 0 Å². The zero-order valence-electron chi connectivity index (χ0n) is 12.1. The Morgan fingerprint density at radius 1 is 1.29 bits per heavy atom. The number of anilines is 2. The number of hydrogen-bond donors (Lipinski definition) is 1. The summed E-state index contributed by atoms with van der Waals surface area (Å²) in [5.74, 6) is 1.63. The largest absolute Gasteiger partial charge is 0.375 e. The molecule has 6 heteroatoms. The molecule has 1 aliphatic rings. The first kappa shape index (κ1) is 13.8. The Hall–Kier alpha value is -2.21. The molecular weight excluding hydrogens is 266 g/mol. The quantitative estimate of drug-likeness (QED) is 0.922. The highest BCUT2D eigenvalue weighted by Crippen LogP contribution is 2.15. The number of hydrogen-bond acceptors (Lipinski definition) is 6. The fourth-order valence-corrected chi connectivity index (χ4v) is 2.31. The molecule has 0 saturated carbocycles. The van der Waals surface area contributed by atoms with Gasteiger partial charge in [-0.3, -0.25) is 0 Å². The van der Waals surface area contributed by atoms with Crippen LogP contribution in [0.1, 0.15) is 12.5 Å². The van der Waals surface area contributed by atoms with E-state index < -0.39 is 0 Å². The Morgan fingerprint density at radius 2 is 2.14 bits per heavy atom. The van der Waals surface area contributed by atoms with Gasteiger partial charge in [-0.15, -0.1) is 0 Å². The normalized spacial score (nSPS) is 18.5. The van der Waals surface area contributed by atoms with E-state index >= 15 is 0 Å². The van der Waals surface area contributed by atoms with Crippen molar-refractivity contribution in [3.05, 3.63) is 42.4 Å². The molecule has 110 valence electrons. The molecule has 1 atom stereocenters. The van der Waals surface area contributed by atoms with Crippen molar-refractivity contribution in [2.24, 2.45) is 0 Å². The van der Waals surface area contributed by atoms with E-state index in [1.807, 2.05) is 6.20 Å². The number of morpholine rings is 1. The lowest BCUT2D eigenvalue weighted by molar-refractivity contribution is 0.0529. The Balaban J connectivity index is 1.59. The number of ether oxygens (including phenoxy) is 1. The summed E-state index contributed by atoms with van der Waals surface area (Å²) in [6.45, 7) is 5.30. The van der Waals surface area contributed by atoms with Crippen molar-refractivity contribution in [3.63, 3.8) is 0 Å². The lowest BCUT2D eigenvalue weighted by Gasteiger charge is -2.32. The number of nitrogens with zero attached hydrogens (tertiary/aromatic N) is 4. The van der Waals surface area contributed by atoms with Crippen LogP contribution in [0, 0.1) is 0 Å². The molecule has 0 aromatic carbocycles. The third-order valence-corrected chi connectivity index (χ3v) is 3.39. The molecule has 2 aromatic heterocycles. The molecule has 0 bridgehead atoms. The van der Waals surface area contributed by atoms with Crippen molar-refractivity contribution in [2.45, 2.75) is 19.6 Å². The Bertz CT molecular complexity index is 560. The first-order chi connectivity index (χ1) is 10.3. The van der Waals surface area contributed by atoms with E-state index in [4.69, 9.17) is 4.74 Å². The molecule has 0 aliphatic carbocycles. The van der Waals surface area contributed by atoms with Crippen LogP contribution in [-0.2, 0) is 11.3 Å². The van der Waals surface area contributed by atoms with Crippen molar-refractivity contribution in [2.75, 3.05) is 29.9 Å². The molecule has 21 heavy (non-hydrogen) atoms. The van der Waals surface area contributed by atoms with Gasteiger partial charge in [0.2, 0.25) is 5.95 Å². The van der Waals surface area contributed by atoms with E-state index in [0.29, 0.717) is 12.5 Å². The van der Waals surface area contributed by atoms with Crippen molar-refractivity contribution in [3.8, 4) is 0 Å². The van der Waals surface area contributed by atoms with E-state index in [1.165, 1.54) is 0 Å². The van der Waals surface area contributed by atoms with Crippen LogP contribution in [0.4, 0.5) is 11.8 Å². The number of aromatic nitrogens is 3. The first-order valence-electron chi connectivity index (χ1n) is 7.13. The molecule has 1 fully saturated rings. The van der Waals surface area contributed by atoms with Crippen LogP contribution in [0.25, 0.3) is 0 Å². The minimum atomic E-state index is 0.261. The number of nitrogens with one attached hydrogen (secondary N) is 1. The van der Waals surface area contributed by atoms with Crippen LogP contribution in [-0.4, -0.2) is 40.8 Å². The van der Waals surface area contributed by atoms with Gasteiger partial charge in [-0.25, -0.2) is 15.0 Å². The summed E-state index contributed by atoms with van der Waals surface area (Å²) in [4.78, 5) is 15.1. The smallest absolute Gasteiger partial charge is 0.222 e. The fraction of sp³-hybridized carbons (Fsp3) is 0.400. The van der Waals surface area contributed by atoms with Crippen molar-refractivity contribution >= 4 is 11.8 Å². The van der Waals surface area contributed by atoms with Gasteiger partial charge in [0.1, 0.15) is 5.82 Å². The van der Waals surface area contributed by atoms with Crippen molar-refractivity contribution in [1.82, 2.24) is 15.0 Å². The number of pyridine rings is 1. The van der Waals surface area contributed by atoms with E-state index in [0.717, 1.165) is 31.1 Å². The maximum atomic E-state index is 5.55. The van der Waals surface area contributed by atoms with Gasteiger partial charge >= 0.3 is 0 Å². The molecule has 3 rings (SSSR count). The predicted molar refractivity (Wildman–Crippen MR) is 81.2 cm³/mol. The van der Waals surface area contributed by atoms with Gasteiger partial charge in [-0.05, 0) is 24.6 Å². The highest BCUT2D eigenvalue weighted by molar-refractivity contribution is 5.40. The summed E-state index contributed by atoms with van der Waals surface area (Å²) in [6, 6.07) is 5.93. The Morgan fingerprint density at radius 3 is 2.86 bits per heavy atom. The second-order valence-corrected chi connectivity index (χ2v) is 5.08. The second kappa shape index (κ2) is 6.49. The number of rotatable bonds is 4. The third kappa shape index (κ3) is 3.66. The first-order valence-corrected chi connectivity index (χ1v) is 7.13. The Kier molecular flexibility index (Phi) is 4.25. The summed E-state index contributed by atoms with van der Waals surface area (Å²) in [5, 5.41) is 3.17. The van der Waals surface area contributed by atoms with Crippen LogP contribution in [0.3, 0.4) is 0 Å². The van der Waals surface area contributed by atoms with Gasteiger partial charge in [0.15, 0.2) is 0 Å². The molecule has 0 radical (unpaired) electrons. The lowest BCUT2D eigenvalue weighted by atomic mass is 10.2. The minimum absolute atomic E-state index is 0.261. The molecule has 0 unspecified atom stereocenters.